The summed E-state index contributed by atoms with van der Waals surface area (Å²) in [5.74, 6) is -0.638. The third kappa shape index (κ3) is 14.5. The normalized spacial score (nSPS) is 13.1. The molecule has 0 fully saturated rings. The predicted molar refractivity (Wildman–Crippen MR) is 125 cm³/mol. The number of hydrogen-bond acceptors (Lipinski definition) is 4. The summed E-state index contributed by atoms with van der Waals surface area (Å²) >= 11 is 0. The van der Waals surface area contributed by atoms with Crippen LogP contribution in [0.3, 0.4) is 0 Å². The fraction of sp³-hybridized carbons (Fsp3) is 1.00. The van der Waals surface area contributed by atoms with Crippen LogP contribution in [0.5, 0.6) is 0 Å². The van der Waals surface area contributed by atoms with E-state index >= 15 is 0 Å². The van der Waals surface area contributed by atoms with Gasteiger partial charge in [0.15, 0.2) is 0 Å². The van der Waals surface area contributed by atoms with Gasteiger partial charge in [0.25, 0.3) is 5.97 Å². The Balaban J connectivity index is 5.18. The lowest BCUT2D eigenvalue weighted by Gasteiger charge is -2.40. The first-order valence-electron chi connectivity index (χ1n) is 12.8. The van der Waals surface area contributed by atoms with E-state index in [1.807, 2.05) is 0 Å². The van der Waals surface area contributed by atoms with Gasteiger partial charge in [0.1, 0.15) is 0 Å². The van der Waals surface area contributed by atoms with Gasteiger partial charge in [-0.3, -0.25) is 0 Å². The maximum atomic E-state index is 6.43. The van der Waals surface area contributed by atoms with E-state index < -0.39 is 5.97 Å². The maximum Gasteiger partial charge on any atom is 0.285 e. The van der Waals surface area contributed by atoms with Crippen molar-refractivity contribution in [1.29, 1.82) is 0 Å². The van der Waals surface area contributed by atoms with Crippen LogP contribution < -0.4 is 5.73 Å². The molecule has 0 aromatic rings. The smallest absolute Gasteiger partial charge is 0.285 e. The number of hydrogen-bond donors (Lipinski definition) is 1. The molecule has 176 valence electrons. The van der Waals surface area contributed by atoms with Gasteiger partial charge in [-0.1, -0.05) is 85.5 Å². The lowest BCUT2D eigenvalue weighted by molar-refractivity contribution is -0.407. The first-order chi connectivity index (χ1) is 14.2. The fourth-order valence-electron chi connectivity index (χ4n) is 3.59. The topological polar surface area (TPSA) is 53.7 Å². The van der Waals surface area contributed by atoms with Gasteiger partial charge in [-0.25, -0.2) is 0 Å². The second-order valence-electron chi connectivity index (χ2n) is 8.39. The van der Waals surface area contributed by atoms with Crippen LogP contribution in [0.1, 0.15) is 124 Å². The zero-order valence-electron chi connectivity index (χ0n) is 20.3. The van der Waals surface area contributed by atoms with Crippen LogP contribution in [0.2, 0.25) is 0 Å². The van der Waals surface area contributed by atoms with Crippen molar-refractivity contribution in [3.63, 3.8) is 0 Å². The van der Waals surface area contributed by atoms with E-state index in [0.29, 0.717) is 26.4 Å². The maximum absolute atomic E-state index is 6.43. The molecule has 0 saturated heterocycles. The molecular formula is C25H53NO3. The van der Waals surface area contributed by atoms with Crippen LogP contribution in [0.15, 0.2) is 0 Å². The molecule has 0 bridgehead atoms. The molecular weight excluding hydrogens is 362 g/mol. The highest BCUT2D eigenvalue weighted by Gasteiger charge is 2.42. The van der Waals surface area contributed by atoms with Crippen molar-refractivity contribution in [2.45, 2.75) is 130 Å². The minimum Gasteiger partial charge on any atom is -0.330 e. The Labute approximate surface area is 182 Å². The minimum atomic E-state index is -0.891. The summed E-state index contributed by atoms with van der Waals surface area (Å²) < 4.78 is 19.3. The standard InChI is InChI=1S/C25H53NO3/c1-5-9-13-14-15-16-18-24(19-17-20-26)25(27-21-10-6-2,28-22-11-7-3)29-23-12-8-4/h24H,5-23,26H2,1-4H3. The Kier molecular flexibility index (Phi) is 21.0. The summed E-state index contributed by atoms with van der Waals surface area (Å²) in [5, 5.41) is 0. The molecule has 4 nitrogen and oxygen atoms in total. The van der Waals surface area contributed by atoms with E-state index in [-0.39, 0.29) is 5.92 Å². The summed E-state index contributed by atoms with van der Waals surface area (Å²) in [4.78, 5) is 0. The van der Waals surface area contributed by atoms with Crippen molar-refractivity contribution in [1.82, 2.24) is 0 Å². The average molecular weight is 416 g/mol. The largest absolute Gasteiger partial charge is 0.330 e. The first-order valence-corrected chi connectivity index (χ1v) is 12.8. The quantitative estimate of drug-likeness (QED) is 0.142. The molecule has 0 aromatic carbocycles. The molecule has 0 saturated carbocycles. The zero-order valence-corrected chi connectivity index (χ0v) is 20.3. The Hall–Kier alpha value is -0.160. The summed E-state index contributed by atoms with van der Waals surface area (Å²) in [6, 6.07) is 0. The predicted octanol–water partition coefficient (Wildman–Crippen LogP) is 7.20. The van der Waals surface area contributed by atoms with Gasteiger partial charge in [-0.05, 0) is 45.1 Å². The Bertz CT molecular complexity index is 299. The number of nitrogens with two attached hydrogens (primary N) is 1. The minimum absolute atomic E-state index is 0.253. The molecule has 2 N–H and O–H groups in total. The lowest BCUT2D eigenvalue weighted by atomic mass is 9.92. The highest BCUT2D eigenvalue weighted by Crippen LogP contribution is 2.34. The molecule has 0 rings (SSSR count). The van der Waals surface area contributed by atoms with Crippen molar-refractivity contribution in [2.24, 2.45) is 11.7 Å². The van der Waals surface area contributed by atoms with Crippen molar-refractivity contribution in [2.75, 3.05) is 26.4 Å². The molecule has 0 heterocycles. The van der Waals surface area contributed by atoms with E-state index in [0.717, 1.165) is 57.8 Å². The average Bonchev–Trinajstić information content (AvgIpc) is 2.73. The molecule has 1 atom stereocenters. The molecule has 0 aliphatic heterocycles. The highest BCUT2D eigenvalue weighted by molar-refractivity contribution is 4.74. The molecule has 0 radical (unpaired) electrons. The molecule has 0 aliphatic carbocycles. The van der Waals surface area contributed by atoms with Crippen molar-refractivity contribution in [3.05, 3.63) is 0 Å². The second-order valence-corrected chi connectivity index (χ2v) is 8.39. The van der Waals surface area contributed by atoms with Crippen LogP contribution in [-0.4, -0.2) is 32.3 Å². The molecule has 0 aromatic heterocycles. The highest BCUT2D eigenvalue weighted by atomic mass is 16.9. The Morgan fingerprint density at radius 1 is 0.552 bits per heavy atom. The molecule has 0 aliphatic rings. The van der Waals surface area contributed by atoms with Crippen LogP contribution in [0, 0.1) is 5.92 Å². The van der Waals surface area contributed by atoms with Gasteiger partial charge >= 0.3 is 0 Å². The van der Waals surface area contributed by atoms with Crippen molar-refractivity contribution >= 4 is 0 Å². The molecule has 4 heteroatoms. The van der Waals surface area contributed by atoms with Crippen molar-refractivity contribution in [3.8, 4) is 0 Å². The lowest BCUT2D eigenvalue weighted by Crippen LogP contribution is -2.47. The van der Waals surface area contributed by atoms with Crippen LogP contribution in [-0.2, 0) is 14.2 Å². The van der Waals surface area contributed by atoms with Gasteiger partial charge in [0, 0.05) is 5.92 Å². The summed E-state index contributed by atoms with van der Waals surface area (Å²) in [5.41, 5.74) is 5.87. The summed E-state index contributed by atoms with van der Waals surface area (Å²) in [7, 11) is 0. The summed E-state index contributed by atoms with van der Waals surface area (Å²) in [6.45, 7) is 11.7. The van der Waals surface area contributed by atoms with Gasteiger partial charge in [-0.15, -0.1) is 0 Å². The van der Waals surface area contributed by atoms with E-state index in [1.54, 1.807) is 0 Å². The van der Waals surface area contributed by atoms with Gasteiger partial charge in [0.05, 0.1) is 19.8 Å². The zero-order chi connectivity index (χ0) is 21.6. The molecule has 0 amide bonds. The van der Waals surface area contributed by atoms with Crippen LogP contribution in [0.25, 0.3) is 0 Å². The van der Waals surface area contributed by atoms with E-state index in [1.165, 1.54) is 38.5 Å². The SMILES string of the molecule is CCCCCCCCC(CCCN)C(OCCCC)(OCCCC)OCCCC. The Morgan fingerprint density at radius 3 is 1.41 bits per heavy atom. The first kappa shape index (κ1) is 28.8. The second kappa shape index (κ2) is 21.1. The Morgan fingerprint density at radius 2 is 0.966 bits per heavy atom. The van der Waals surface area contributed by atoms with Gasteiger partial charge in [0.2, 0.25) is 0 Å². The van der Waals surface area contributed by atoms with Crippen LogP contribution in [0.4, 0.5) is 0 Å². The molecule has 1 unspecified atom stereocenters. The summed E-state index contributed by atoms with van der Waals surface area (Å²) in [6.07, 6.45) is 17.4. The monoisotopic (exact) mass is 415 g/mol. The van der Waals surface area contributed by atoms with E-state index in [2.05, 4.69) is 27.7 Å². The van der Waals surface area contributed by atoms with Crippen molar-refractivity contribution < 1.29 is 14.2 Å². The van der Waals surface area contributed by atoms with E-state index in [9.17, 15) is 0 Å². The third-order valence-electron chi connectivity index (χ3n) is 5.57. The fourth-order valence-corrected chi connectivity index (χ4v) is 3.59. The van der Waals surface area contributed by atoms with E-state index in [4.69, 9.17) is 19.9 Å². The van der Waals surface area contributed by atoms with Gasteiger partial charge < -0.3 is 19.9 Å². The van der Waals surface area contributed by atoms with Crippen LogP contribution >= 0.6 is 0 Å². The third-order valence-corrected chi connectivity index (χ3v) is 5.57. The number of unbranched alkanes of at least 4 members (excludes halogenated alkanes) is 8. The van der Waals surface area contributed by atoms with Gasteiger partial charge in [-0.2, -0.15) is 0 Å². The number of rotatable bonds is 23. The molecule has 0 spiro atoms. The molecule has 29 heavy (non-hydrogen) atoms. The number of ether oxygens (including phenoxy) is 3.